The highest BCUT2D eigenvalue weighted by Gasteiger charge is 2.44. The van der Waals surface area contributed by atoms with Crippen molar-refractivity contribution in [3.8, 4) is 5.75 Å². The van der Waals surface area contributed by atoms with Crippen molar-refractivity contribution in [2.24, 2.45) is 5.92 Å². The van der Waals surface area contributed by atoms with Crippen LogP contribution in [0.2, 0.25) is 0 Å². The fourth-order valence-corrected chi connectivity index (χ4v) is 4.90. The third kappa shape index (κ3) is 2.46. The van der Waals surface area contributed by atoms with Gasteiger partial charge in [-0.15, -0.1) is 0 Å². The van der Waals surface area contributed by atoms with Crippen molar-refractivity contribution in [3.05, 3.63) is 65.2 Å². The summed E-state index contributed by atoms with van der Waals surface area (Å²) in [7, 11) is 3.81. The summed E-state index contributed by atoms with van der Waals surface area (Å²) in [5, 5.41) is 3.41. The summed E-state index contributed by atoms with van der Waals surface area (Å²) in [5.41, 5.74) is 4.67. The van der Waals surface area contributed by atoms with Crippen LogP contribution in [0.3, 0.4) is 0 Å². The third-order valence-electron chi connectivity index (χ3n) is 5.92. The molecular weight excluding hydrogens is 282 g/mol. The number of nitrogens with one attached hydrogen (secondary N) is 1. The Labute approximate surface area is 138 Å². The predicted octanol–water partition coefficient (Wildman–Crippen LogP) is 4.29. The van der Waals surface area contributed by atoms with Gasteiger partial charge in [-0.1, -0.05) is 36.4 Å². The number of ether oxygens (including phenoxy) is 1. The molecule has 0 aliphatic heterocycles. The van der Waals surface area contributed by atoms with Gasteiger partial charge in [0.2, 0.25) is 0 Å². The SMILES string of the molecule is CNC[C@@H]1C[C@@H]2c3ccccc3[C@H]1C[C@@H]2c1ccc(OC)cc1. The summed E-state index contributed by atoms with van der Waals surface area (Å²) in [6.45, 7) is 1.13. The standard InChI is InChI=1S/C21H25NO/c1-22-13-15-11-21-18-6-4-3-5-17(18)20(15)12-19(21)14-7-9-16(23-2)10-8-14/h3-10,15,19-22H,11-13H2,1-2H3/t15-,19+,20-,21+/m0/s1. The van der Waals surface area contributed by atoms with E-state index in [9.17, 15) is 0 Å². The quantitative estimate of drug-likeness (QED) is 0.910. The number of hydrogen-bond donors (Lipinski definition) is 1. The summed E-state index contributed by atoms with van der Waals surface area (Å²) < 4.78 is 5.32. The van der Waals surface area contributed by atoms with Crippen molar-refractivity contribution in [1.82, 2.24) is 5.32 Å². The largest absolute Gasteiger partial charge is 0.497 e. The molecule has 0 saturated heterocycles. The number of hydrogen-bond acceptors (Lipinski definition) is 2. The minimum Gasteiger partial charge on any atom is -0.497 e. The molecule has 2 aromatic carbocycles. The zero-order valence-corrected chi connectivity index (χ0v) is 14.0. The highest BCUT2D eigenvalue weighted by Crippen LogP contribution is 2.58. The zero-order chi connectivity index (χ0) is 15.8. The number of methoxy groups -OCH3 is 1. The maximum absolute atomic E-state index is 5.32. The van der Waals surface area contributed by atoms with Crippen molar-refractivity contribution in [2.75, 3.05) is 20.7 Å². The van der Waals surface area contributed by atoms with Crippen LogP contribution in [0.1, 0.15) is 47.3 Å². The summed E-state index contributed by atoms with van der Waals surface area (Å²) in [4.78, 5) is 0. The molecule has 1 saturated carbocycles. The van der Waals surface area contributed by atoms with E-state index < -0.39 is 0 Å². The summed E-state index contributed by atoms with van der Waals surface area (Å²) >= 11 is 0. The van der Waals surface area contributed by atoms with Gasteiger partial charge in [0.1, 0.15) is 5.75 Å². The minimum atomic E-state index is 0.647. The Morgan fingerprint density at radius 3 is 2.26 bits per heavy atom. The number of fused-ring (bicyclic) bond motifs is 2. The first kappa shape index (κ1) is 14.8. The maximum atomic E-state index is 5.32. The van der Waals surface area contributed by atoms with Gasteiger partial charge >= 0.3 is 0 Å². The van der Waals surface area contributed by atoms with E-state index in [0.29, 0.717) is 17.8 Å². The number of benzene rings is 2. The van der Waals surface area contributed by atoms with Gasteiger partial charge in [0.15, 0.2) is 0 Å². The van der Waals surface area contributed by atoms with Crippen LogP contribution in [0.5, 0.6) is 5.75 Å². The van der Waals surface area contributed by atoms with Gasteiger partial charge in [-0.3, -0.25) is 0 Å². The molecule has 0 radical (unpaired) electrons. The first-order valence-corrected chi connectivity index (χ1v) is 8.69. The molecule has 1 fully saturated rings. The van der Waals surface area contributed by atoms with Crippen LogP contribution in [-0.4, -0.2) is 20.7 Å². The molecule has 23 heavy (non-hydrogen) atoms. The fraction of sp³-hybridized carbons (Fsp3) is 0.429. The van der Waals surface area contributed by atoms with Crippen molar-refractivity contribution in [3.63, 3.8) is 0 Å². The second-order valence-electron chi connectivity index (χ2n) is 7.01. The van der Waals surface area contributed by atoms with Crippen LogP contribution in [0.4, 0.5) is 0 Å². The molecule has 0 heterocycles. The molecule has 0 aromatic heterocycles. The molecule has 1 N–H and O–H groups in total. The molecule has 0 spiro atoms. The lowest BCUT2D eigenvalue weighted by Crippen LogP contribution is -2.38. The first-order chi connectivity index (χ1) is 11.3. The Morgan fingerprint density at radius 1 is 0.913 bits per heavy atom. The Balaban J connectivity index is 1.70. The van der Waals surface area contributed by atoms with Crippen LogP contribution in [0.25, 0.3) is 0 Å². The average molecular weight is 307 g/mol. The lowest BCUT2D eigenvalue weighted by molar-refractivity contribution is 0.217. The van der Waals surface area contributed by atoms with Crippen LogP contribution in [0.15, 0.2) is 48.5 Å². The molecule has 5 rings (SSSR count). The first-order valence-electron chi connectivity index (χ1n) is 8.69. The van der Waals surface area contributed by atoms with E-state index in [2.05, 4.69) is 60.9 Å². The van der Waals surface area contributed by atoms with Crippen molar-refractivity contribution < 1.29 is 4.74 Å². The van der Waals surface area contributed by atoms with Crippen LogP contribution in [-0.2, 0) is 0 Å². The molecule has 2 aromatic rings. The smallest absolute Gasteiger partial charge is 0.118 e. The fourth-order valence-electron chi connectivity index (χ4n) is 4.90. The average Bonchev–Trinajstić information content (AvgIpc) is 2.62. The predicted molar refractivity (Wildman–Crippen MR) is 94.3 cm³/mol. The highest BCUT2D eigenvalue weighted by atomic mass is 16.5. The molecule has 2 nitrogen and oxygen atoms in total. The Hall–Kier alpha value is -1.80. The van der Waals surface area contributed by atoms with Gasteiger partial charge in [-0.05, 0) is 78.9 Å². The van der Waals surface area contributed by atoms with Crippen molar-refractivity contribution in [2.45, 2.75) is 30.6 Å². The van der Waals surface area contributed by atoms with Gasteiger partial charge in [-0.25, -0.2) is 0 Å². The molecule has 3 aliphatic rings. The second-order valence-corrected chi connectivity index (χ2v) is 7.01. The lowest BCUT2D eigenvalue weighted by Gasteiger charge is -2.49. The van der Waals surface area contributed by atoms with E-state index in [1.165, 1.54) is 18.4 Å². The van der Waals surface area contributed by atoms with E-state index in [4.69, 9.17) is 4.74 Å². The van der Waals surface area contributed by atoms with E-state index in [0.717, 1.165) is 18.2 Å². The molecule has 0 unspecified atom stereocenters. The highest BCUT2D eigenvalue weighted by molar-refractivity contribution is 5.44. The monoisotopic (exact) mass is 307 g/mol. The van der Waals surface area contributed by atoms with E-state index in [1.807, 2.05) is 0 Å². The van der Waals surface area contributed by atoms with Crippen LogP contribution >= 0.6 is 0 Å². The topological polar surface area (TPSA) is 21.3 Å². The lowest BCUT2D eigenvalue weighted by atomic mass is 9.56. The Kier molecular flexibility index (Phi) is 3.86. The molecular formula is C21H25NO. The van der Waals surface area contributed by atoms with Gasteiger partial charge < -0.3 is 10.1 Å². The molecule has 3 aliphatic carbocycles. The van der Waals surface area contributed by atoms with Crippen LogP contribution < -0.4 is 10.1 Å². The summed E-state index contributed by atoms with van der Waals surface area (Å²) in [6.07, 6.45) is 2.58. The van der Waals surface area contributed by atoms with Gasteiger partial charge in [0, 0.05) is 0 Å². The third-order valence-corrected chi connectivity index (χ3v) is 5.92. The maximum Gasteiger partial charge on any atom is 0.118 e. The van der Waals surface area contributed by atoms with Crippen LogP contribution in [0, 0.1) is 5.92 Å². The van der Waals surface area contributed by atoms with Crippen molar-refractivity contribution >= 4 is 0 Å². The van der Waals surface area contributed by atoms with Crippen molar-refractivity contribution in [1.29, 1.82) is 0 Å². The van der Waals surface area contributed by atoms with Gasteiger partial charge in [0.25, 0.3) is 0 Å². The molecule has 0 amide bonds. The Morgan fingerprint density at radius 2 is 1.61 bits per heavy atom. The van der Waals surface area contributed by atoms with Gasteiger partial charge in [0.05, 0.1) is 7.11 Å². The van der Waals surface area contributed by atoms with E-state index in [1.54, 1.807) is 18.2 Å². The molecule has 2 bridgehead atoms. The summed E-state index contributed by atoms with van der Waals surface area (Å²) in [6, 6.07) is 17.9. The summed E-state index contributed by atoms with van der Waals surface area (Å²) in [5.74, 6) is 3.71. The molecule has 4 atom stereocenters. The second kappa shape index (κ2) is 6.01. The van der Waals surface area contributed by atoms with E-state index in [-0.39, 0.29) is 0 Å². The normalized spacial score (nSPS) is 28.4. The zero-order valence-electron chi connectivity index (χ0n) is 14.0. The van der Waals surface area contributed by atoms with E-state index >= 15 is 0 Å². The molecule has 120 valence electrons. The molecule has 2 heteroatoms. The Bertz CT molecular complexity index is 678. The number of rotatable bonds is 4. The minimum absolute atomic E-state index is 0.647. The van der Waals surface area contributed by atoms with Gasteiger partial charge in [-0.2, -0.15) is 0 Å².